The summed E-state index contributed by atoms with van der Waals surface area (Å²) in [4.78, 5) is 12.9. The number of amides is 1. The molecule has 6 N–H and O–H groups in total. The standard InChI is InChI=1S/C44H87NO8/c1-3-5-7-9-11-13-15-16-17-18-19-20-21-22-24-26-28-30-32-34-40(48)45-37(36-52-44-43(51)42(50)41(49)39(35-46)53-44)38(47)33-31-29-27-25-23-14-12-10-8-6-4-2/h37-39,41-44,46-47,49-51H,3-36H2,1-2H3,(H,45,48)/t37-,38+,39-,41-,42?,43?,44-/m0/s1. The van der Waals surface area contributed by atoms with Crippen molar-refractivity contribution in [1.29, 1.82) is 0 Å². The van der Waals surface area contributed by atoms with Gasteiger partial charge in [-0.3, -0.25) is 4.79 Å². The van der Waals surface area contributed by atoms with Crippen molar-refractivity contribution in [3.63, 3.8) is 0 Å². The highest BCUT2D eigenvalue weighted by atomic mass is 16.7. The van der Waals surface area contributed by atoms with Gasteiger partial charge < -0.3 is 40.3 Å². The van der Waals surface area contributed by atoms with E-state index in [1.807, 2.05) is 0 Å². The highest BCUT2D eigenvalue weighted by Crippen LogP contribution is 2.23. The van der Waals surface area contributed by atoms with Gasteiger partial charge >= 0.3 is 0 Å². The van der Waals surface area contributed by atoms with Gasteiger partial charge in [0.2, 0.25) is 5.91 Å². The second-order valence-electron chi connectivity index (χ2n) is 16.2. The first-order valence-electron chi connectivity index (χ1n) is 22.7. The molecule has 1 aliphatic heterocycles. The fraction of sp³-hybridized carbons (Fsp3) is 0.977. The summed E-state index contributed by atoms with van der Waals surface area (Å²) < 4.78 is 11.2. The summed E-state index contributed by atoms with van der Waals surface area (Å²) in [6.07, 6.45) is 31.1. The summed E-state index contributed by atoms with van der Waals surface area (Å²) in [5.74, 6) is -0.141. The van der Waals surface area contributed by atoms with Crippen LogP contribution in [-0.4, -0.2) is 87.5 Å². The van der Waals surface area contributed by atoms with Crippen molar-refractivity contribution in [1.82, 2.24) is 5.32 Å². The number of ether oxygens (including phenoxy) is 2. The summed E-state index contributed by atoms with van der Waals surface area (Å²) in [7, 11) is 0. The zero-order valence-corrected chi connectivity index (χ0v) is 34.5. The van der Waals surface area contributed by atoms with Crippen LogP contribution in [0.1, 0.15) is 219 Å². The second-order valence-corrected chi connectivity index (χ2v) is 16.2. The molecule has 1 aliphatic rings. The van der Waals surface area contributed by atoms with Crippen molar-refractivity contribution >= 4 is 5.91 Å². The summed E-state index contributed by atoms with van der Waals surface area (Å²) in [5, 5.41) is 54.2. The molecule has 0 aliphatic carbocycles. The van der Waals surface area contributed by atoms with Crippen molar-refractivity contribution in [3.05, 3.63) is 0 Å². The molecule has 1 amide bonds. The third-order valence-electron chi connectivity index (χ3n) is 11.2. The van der Waals surface area contributed by atoms with Crippen molar-refractivity contribution < 1.29 is 39.8 Å². The molecule has 0 spiro atoms. The number of aliphatic hydroxyl groups excluding tert-OH is 5. The molecule has 1 rings (SSSR count). The monoisotopic (exact) mass is 758 g/mol. The molecule has 316 valence electrons. The molecule has 0 saturated carbocycles. The molecule has 0 radical (unpaired) electrons. The van der Waals surface area contributed by atoms with Gasteiger partial charge in [-0.25, -0.2) is 0 Å². The maximum Gasteiger partial charge on any atom is 0.220 e. The lowest BCUT2D eigenvalue weighted by molar-refractivity contribution is -0.302. The topological polar surface area (TPSA) is 149 Å². The lowest BCUT2D eigenvalue weighted by Crippen LogP contribution is -2.60. The Hall–Kier alpha value is -0.810. The van der Waals surface area contributed by atoms with E-state index in [2.05, 4.69) is 19.2 Å². The fourth-order valence-electron chi connectivity index (χ4n) is 7.51. The van der Waals surface area contributed by atoms with E-state index in [9.17, 15) is 30.3 Å². The number of rotatable bonds is 38. The Labute approximate surface area is 325 Å². The minimum absolute atomic E-state index is 0.132. The van der Waals surface area contributed by atoms with Crippen molar-refractivity contribution in [3.8, 4) is 0 Å². The van der Waals surface area contributed by atoms with E-state index in [0.29, 0.717) is 12.8 Å². The van der Waals surface area contributed by atoms with Gasteiger partial charge in [0, 0.05) is 6.42 Å². The number of carbonyl (C=O) groups is 1. The van der Waals surface area contributed by atoms with Crippen LogP contribution in [0.2, 0.25) is 0 Å². The number of nitrogens with one attached hydrogen (secondary N) is 1. The van der Waals surface area contributed by atoms with Crippen LogP contribution in [0.3, 0.4) is 0 Å². The van der Waals surface area contributed by atoms with Crippen LogP contribution in [0.25, 0.3) is 0 Å². The zero-order chi connectivity index (χ0) is 38.8. The van der Waals surface area contributed by atoms with Crippen LogP contribution in [0, 0.1) is 0 Å². The molecule has 1 fully saturated rings. The molecule has 1 heterocycles. The molecule has 53 heavy (non-hydrogen) atoms. The zero-order valence-electron chi connectivity index (χ0n) is 34.5. The van der Waals surface area contributed by atoms with Gasteiger partial charge in [-0.1, -0.05) is 200 Å². The molecule has 9 nitrogen and oxygen atoms in total. The predicted octanol–water partition coefficient (Wildman–Crippen LogP) is 9.17. The van der Waals surface area contributed by atoms with Gasteiger partial charge in [-0.05, 0) is 12.8 Å². The first-order valence-corrected chi connectivity index (χ1v) is 22.7. The quantitative estimate of drug-likeness (QED) is 0.0342. The first-order chi connectivity index (χ1) is 25.8. The van der Waals surface area contributed by atoms with Crippen LogP contribution in [0.15, 0.2) is 0 Å². The Morgan fingerprint density at radius 2 is 0.943 bits per heavy atom. The van der Waals surface area contributed by atoms with Crippen molar-refractivity contribution in [2.45, 2.75) is 262 Å². The van der Waals surface area contributed by atoms with Crippen LogP contribution >= 0.6 is 0 Å². The van der Waals surface area contributed by atoms with Gasteiger partial charge in [0.05, 0.1) is 25.4 Å². The normalized spacial score (nSPS) is 21.5. The number of aliphatic hydroxyl groups is 5. The highest BCUT2D eigenvalue weighted by molar-refractivity contribution is 5.76. The smallest absolute Gasteiger partial charge is 0.220 e. The Kier molecular flexibility index (Phi) is 33.7. The molecule has 0 aromatic carbocycles. The van der Waals surface area contributed by atoms with Gasteiger partial charge in [0.25, 0.3) is 0 Å². The molecular weight excluding hydrogens is 670 g/mol. The summed E-state index contributed by atoms with van der Waals surface area (Å²) in [5.41, 5.74) is 0. The van der Waals surface area contributed by atoms with Gasteiger partial charge in [-0.15, -0.1) is 0 Å². The number of carbonyl (C=O) groups excluding carboxylic acids is 1. The third kappa shape index (κ3) is 26.6. The minimum atomic E-state index is -1.55. The number of hydrogen-bond donors (Lipinski definition) is 6. The predicted molar refractivity (Wildman–Crippen MR) is 217 cm³/mol. The van der Waals surface area contributed by atoms with Gasteiger partial charge in [0.1, 0.15) is 24.4 Å². The molecular formula is C44H87NO8. The number of unbranched alkanes of at least 4 members (excludes halogenated alkanes) is 28. The molecule has 0 bridgehead atoms. The maximum atomic E-state index is 12.9. The van der Waals surface area contributed by atoms with Crippen molar-refractivity contribution in [2.24, 2.45) is 0 Å². The Bertz CT molecular complexity index is 801. The molecule has 7 atom stereocenters. The molecule has 2 unspecified atom stereocenters. The average Bonchev–Trinajstić information content (AvgIpc) is 3.16. The second kappa shape index (κ2) is 35.6. The molecule has 9 heteroatoms. The Morgan fingerprint density at radius 3 is 1.34 bits per heavy atom. The van der Waals surface area contributed by atoms with E-state index in [-0.39, 0.29) is 12.5 Å². The van der Waals surface area contributed by atoms with E-state index < -0.39 is 49.5 Å². The van der Waals surface area contributed by atoms with Crippen molar-refractivity contribution in [2.75, 3.05) is 13.2 Å². The summed E-state index contributed by atoms with van der Waals surface area (Å²) in [6.45, 7) is 3.83. The van der Waals surface area contributed by atoms with Gasteiger partial charge in [0.15, 0.2) is 6.29 Å². The van der Waals surface area contributed by atoms with Crippen LogP contribution in [0.4, 0.5) is 0 Å². The minimum Gasteiger partial charge on any atom is -0.394 e. The van der Waals surface area contributed by atoms with Crippen LogP contribution in [0.5, 0.6) is 0 Å². The van der Waals surface area contributed by atoms with E-state index in [0.717, 1.165) is 38.5 Å². The molecule has 0 aromatic rings. The fourth-order valence-corrected chi connectivity index (χ4v) is 7.51. The van der Waals surface area contributed by atoms with Crippen LogP contribution < -0.4 is 5.32 Å². The Morgan fingerprint density at radius 1 is 0.566 bits per heavy atom. The van der Waals surface area contributed by atoms with E-state index in [1.54, 1.807) is 0 Å². The summed E-state index contributed by atoms with van der Waals surface area (Å²) in [6, 6.07) is -0.710. The van der Waals surface area contributed by atoms with E-state index in [1.165, 1.54) is 154 Å². The molecule has 1 saturated heterocycles. The van der Waals surface area contributed by atoms with Crippen LogP contribution in [-0.2, 0) is 14.3 Å². The van der Waals surface area contributed by atoms with E-state index in [4.69, 9.17) is 9.47 Å². The number of hydrogen-bond acceptors (Lipinski definition) is 8. The first kappa shape index (κ1) is 50.2. The average molecular weight is 758 g/mol. The highest BCUT2D eigenvalue weighted by Gasteiger charge is 2.44. The Balaban J connectivity index is 2.28. The molecule has 0 aromatic heterocycles. The van der Waals surface area contributed by atoms with E-state index >= 15 is 0 Å². The SMILES string of the molecule is CCCCCCCCCCCCCCCCCCCCCC(=O)N[C@@H](CO[C@H]1O[C@@H](CO)[C@H](O)C(O)C1O)[C@H](O)CCCCCCCCCCCCC. The van der Waals surface area contributed by atoms with Gasteiger partial charge in [-0.2, -0.15) is 0 Å². The lowest BCUT2D eigenvalue weighted by Gasteiger charge is -2.40. The third-order valence-corrected chi connectivity index (χ3v) is 11.2. The lowest BCUT2D eigenvalue weighted by atomic mass is 9.99. The summed E-state index contributed by atoms with van der Waals surface area (Å²) >= 11 is 0. The maximum absolute atomic E-state index is 12.9. The largest absolute Gasteiger partial charge is 0.394 e.